The highest BCUT2D eigenvalue weighted by atomic mass is 32.2. The molecule has 23 nitrogen and oxygen atoms in total. The lowest BCUT2D eigenvalue weighted by Crippen LogP contribution is -2.52. The predicted octanol–water partition coefficient (Wildman–Crippen LogP) is 10.2. The normalized spacial score (nSPS) is 14.0. The smallest absolute Gasteiger partial charge is 0.338 e. The average Bonchev–Trinajstić information content (AvgIpc) is 3.71. The number of anilines is 2. The first-order chi connectivity index (χ1) is 37.5. The van der Waals surface area contributed by atoms with Gasteiger partial charge in [0.2, 0.25) is 12.1 Å². The van der Waals surface area contributed by atoms with E-state index in [-0.39, 0.29) is 75.1 Å². The van der Waals surface area contributed by atoms with Gasteiger partial charge in [-0.05, 0) is 72.5 Å². The molecule has 5 amide bonds. The summed E-state index contributed by atoms with van der Waals surface area (Å²) in [5.41, 5.74) is -0.124. The number of ether oxygens (including phenoxy) is 4. The molecule has 1 saturated heterocycles. The second-order valence-corrected chi connectivity index (χ2v) is 19.9. The molecule has 2 atom stereocenters. The topological polar surface area (TPSA) is 308 Å². The summed E-state index contributed by atoms with van der Waals surface area (Å²) in [6.45, 7) is 3.11. The van der Waals surface area contributed by atoms with Gasteiger partial charge in [0.1, 0.15) is 23.8 Å². The van der Waals surface area contributed by atoms with Crippen molar-refractivity contribution in [3.05, 3.63) is 102 Å². The summed E-state index contributed by atoms with van der Waals surface area (Å²) in [4.78, 5) is 82.3. The third-order valence-corrected chi connectivity index (χ3v) is 13.6. The van der Waals surface area contributed by atoms with Crippen molar-refractivity contribution in [2.24, 2.45) is 10.2 Å². The molecule has 6 rings (SSSR count). The monoisotopic (exact) mass is 1120 g/mol. The van der Waals surface area contributed by atoms with Crippen LogP contribution in [-0.4, -0.2) is 115 Å². The molecule has 0 radical (unpaired) electrons. The number of esters is 1. The predicted molar refractivity (Wildman–Crippen MR) is 285 cm³/mol. The maximum atomic E-state index is 14.3. The number of fused-ring (bicyclic) bond motifs is 1. The number of methoxy groups -OCH3 is 1. The highest BCUT2D eigenvalue weighted by Crippen LogP contribution is 2.47. The first-order valence-corrected chi connectivity index (χ1v) is 27.0. The molecule has 5 N–H and O–H groups in total. The lowest BCUT2D eigenvalue weighted by Gasteiger charge is -2.24. The van der Waals surface area contributed by atoms with E-state index in [0.717, 1.165) is 43.2 Å². The van der Waals surface area contributed by atoms with Crippen LogP contribution < -0.4 is 20.1 Å². The van der Waals surface area contributed by atoms with E-state index < -0.39 is 68.5 Å². The molecule has 2 unspecified atom stereocenters. The molecule has 5 aromatic carbocycles. The van der Waals surface area contributed by atoms with Crippen molar-refractivity contribution in [2.45, 2.75) is 100 Å². The van der Waals surface area contributed by atoms with Crippen molar-refractivity contribution in [2.75, 3.05) is 44.6 Å². The van der Waals surface area contributed by atoms with Crippen LogP contribution in [0.1, 0.15) is 98.8 Å². The number of azo groups is 1. The van der Waals surface area contributed by atoms with Crippen LogP contribution in [0, 0.1) is 0 Å². The third-order valence-electron chi connectivity index (χ3n) is 12.2. The lowest BCUT2D eigenvalue weighted by molar-refractivity contribution is -0.432. The Balaban J connectivity index is 1.09. The molecular weight excluding hydrogens is 1060 g/mol. The van der Waals surface area contributed by atoms with Gasteiger partial charge in [0.25, 0.3) is 21.9 Å². The number of hydrogen-bond acceptors (Lipinski definition) is 19. The molecule has 416 valence electrons. The number of carbonyl (C=O) groups excluding carboxylic acids is 6. The second kappa shape index (κ2) is 28.7. The maximum Gasteiger partial charge on any atom is 0.338 e. The molecular formula is C53H60N6O17S2. The molecule has 1 fully saturated rings. The fraction of sp³-hybridized carbons (Fsp3) is 0.358. The Morgan fingerprint density at radius 1 is 0.795 bits per heavy atom. The van der Waals surface area contributed by atoms with Crippen LogP contribution in [0.25, 0.3) is 10.8 Å². The Bertz CT molecular complexity index is 3090. The summed E-state index contributed by atoms with van der Waals surface area (Å²) in [7, 11) is -2.16. The summed E-state index contributed by atoms with van der Waals surface area (Å²) < 4.78 is 60.8. The van der Waals surface area contributed by atoms with Gasteiger partial charge in [-0.1, -0.05) is 100 Å². The molecule has 78 heavy (non-hydrogen) atoms. The number of benzene rings is 5. The van der Waals surface area contributed by atoms with E-state index in [2.05, 4.69) is 37.2 Å². The number of Topliss-reactive ketones (excluding diaryl/α,β-unsaturated/α-hetero) is 1. The number of amides is 5. The Kier molecular flexibility index (Phi) is 22.0. The van der Waals surface area contributed by atoms with Crippen molar-refractivity contribution in [1.29, 1.82) is 0 Å². The van der Waals surface area contributed by atoms with Gasteiger partial charge in [0.15, 0.2) is 17.6 Å². The van der Waals surface area contributed by atoms with Gasteiger partial charge >= 0.3 is 12.0 Å². The SMILES string of the molecule is CCCCCCCCCCCCOC(=O)c1ccc(OC)c(NC(=O)C(C(=O)c2ccccc2)N2C(=O)C(OCCOc3ccc(N=Nc4c(SOOO)cc5cc(S(=O)(=O)O)cc(NC(C)=O)c5c4O)cc3)N(C)C2=O)c1. The number of aromatic hydroxyl groups is 1. The van der Waals surface area contributed by atoms with E-state index >= 15 is 0 Å². The summed E-state index contributed by atoms with van der Waals surface area (Å²) in [5, 5.41) is 37.1. The van der Waals surface area contributed by atoms with Crippen molar-refractivity contribution in [1.82, 2.24) is 9.80 Å². The number of nitrogens with one attached hydrogen (secondary N) is 2. The summed E-state index contributed by atoms with van der Waals surface area (Å²) in [5.74, 6) is -4.42. The number of rotatable bonds is 30. The molecule has 0 saturated carbocycles. The molecule has 5 aromatic rings. The zero-order valence-corrected chi connectivity index (χ0v) is 44.8. The van der Waals surface area contributed by atoms with Gasteiger partial charge in [-0.3, -0.25) is 28.6 Å². The summed E-state index contributed by atoms with van der Waals surface area (Å²) in [6.07, 6.45) is 9.59. The number of carbonyl (C=O) groups is 6. The maximum absolute atomic E-state index is 14.3. The van der Waals surface area contributed by atoms with E-state index in [9.17, 15) is 46.8 Å². The van der Waals surface area contributed by atoms with Gasteiger partial charge < -0.3 is 34.7 Å². The Morgan fingerprint density at radius 2 is 1.47 bits per heavy atom. The number of ketones is 1. The number of nitrogens with zero attached hydrogens (tertiary/aromatic N) is 4. The average molecular weight is 1120 g/mol. The number of phenols is 1. The van der Waals surface area contributed by atoms with Crippen LogP contribution in [0.3, 0.4) is 0 Å². The van der Waals surface area contributed by atoms with Gasteiger partial charge in [-0.2, -0.15) is 13.5 Å². The van der Waals surface area contributed by atoms with Gasteiger partial charge in [0, 0.05) is 24.9 Å². The molecule has 0 spiro atoms. The van der Waals surface area contributed by atoms with E-state index in [0.29, 0.717) is 29.1 Å². The number of unbranched alkanes of at least 4 members (excludes halogenated alkanes) is 9. The van der Waals surface area contributed by atoms with Gasteiger partial charge in [-0.25, -0.2) is 19.7 Å². The minimum atomic E-state index is -4.77. The molecule has 0 aromatic heterocycles. The zero-order valence-electron chi connectivity index (χ0n) is 43.2. The van der Waals surface area contributed by atoms with Crippen molar-refractivity contribution in [3.63, 3.8) is 0 Å². The number of likely N-dealkylation sites (N-methyl/N-ethyl adjacent to an activating group) is 1. The van der Waals surface area contributed by atoms with E-state index in [1.165, 1.54) is 113 Å². The van der Waals surface area contributed by atoms with Gasteiger partial charge in [-0.15, -0.1) is 9.45 Å². The molecule has 0 aliphatic carbocycles. The second-order valence-electron chi connectivity index (χ2n) is 17.7. The van der Waals surface area contributed by atoms with Crippen LogP contribution in [0.2, 0.25) is 0 Å². The van der Waals surface area contributed by atoms with E-state index in [4.69, 9.17) is 24.2 Å². The minimum Gasteiger partial charge on any atom is -0.505 e. The van der Waals surface area contributed by atoms with Crippen LogP contribution in [0.4, 0.5) is 27.5 Å². The Labute approximate surface area is 454 Å². The zero-order chi connectivity index (χ0) is 56.4. The van der Waals surface area contributed by atoms with Crippen molar-refractivity contribution >= 4 is 91.2 Å². The number of phenolic OH excluding ortho intramolecular Hbond substituents is 1. The van der Waals surface area contributed by atoms with Gasteiger partial charge in [0.05, 0.1) is 64.8 Å². The summed E-state index contributed by atoms with van der Waals surface area (Å²) in [6, 6.07) is 18.0. The van der Waals surface area contributed by atoms with Crippen LogP contribution >= 0.6 is 12.0 Å². The quantitative estimate of drug-likeness (QED) is 0.00273. The van der Waals surface area contributed by atoms with Crippen LogP contribution in [-0.2, 0) is 43.3 Å². The lowest BCUT2D eigenvalue weighted by atomic mass is 10.0. The molecule has 1 aliphatic heterocycles. The molecule has 25 heteroatoms. The summed E-state index contributed by atoms with van der Waals surface area (Å²) >= 11 is 0.365. The standard InChI is InChI=1S/C53H60N6O17S2/c1-5-6-7-8-9-10-11-12-13-17-26-74-52(65)35-20-25-42(71-4)40(30-35)55-49(63)46(47(61)34-18-15-14-16-19-34)59-50(64)51(58(3)53(59)66)73-28-27-72-38-23-21-37(22-24-38)56-57-45-43(77-76-75-67)31-36-29-39(78(68,69)70)32-41(54-33(2)60)44(36)48(45)62/h14-16,18-25,29-32,46,51,62,67H,5-13,17,26-28H2,1-4H3,(H,54,60)(H,55,63)(H,68,69,70). The van der Waals surface area contributed by atoms with Crippen molar-refractivity contribution < 1.29 is 80.4 Å². The molecule has 0 bridgehead atoms. The highest BCUT2D eigenvalue weighted by molar-refractivity contribution is 7.94. The fourth-order valence-corrected chi connectivity index (χ4v) is 9.34. The minimum absolute atomic E-state index is 0.00726. The number of imide groups is 1. The fourth-order valence-electron chi connectivity index (χ4n) is 8.30. The number of urea groups is 1. The Morgan fingerprint density at radius 3 is 2.12 bits per heavy atom. The highest BCUT2D eigenvalue weighted by Gasteiger charge is 2.52. The largest absolute Gasteiger partial charge is 0.505 e. The van der Waals surface area contributed by atoms with Crippen molar-refractivity contribution in [3.8, 4) is 17.2 Å². The molecule has 1 heterocycles. The molecule has 1 aliphatic rings. The van der Waals surface area contributed by atoms with Crippen LogP contribution in [0.15, 0.2) is 111 Å². The Hall–Kier alpha value is -7.52. The van der Waals surface area contributed by atoms with E-state index in [1.54, 1.807) is 18.2 Å². The van der Waals surface area contributed by atoms with E-state index in [1.807, 2.05) is 0 Å². The number of hydrogen-bond donors (Lipinski definition) is 5. The van der Waals surface area contributed by atoms with Crippen LogP contribution in [0.5, 0.6) is 17.2 Å². The first-order valence-electron chi connectivity index (χ1n) is 24.8. The first kappa shape index (κ1) is 59.7. The third kappa shape index (κ3) is 15.8.